The van der Waals surface area contributed by atoms with Gasteiger partial charge in [-0.05, 0) is 134 Å². The number of rotatable bonds is 6. The van der Waals surface area contributed by atoms with Crippen LogP contribution in [0, 0.1) is 0 Å². The Morgan fingerprint density at radius 3 is 1.55 bits per heavy atom. The third-order valence-electron chi connectivity index (χ3n) is 13.2. The summed E-state index contributed by atoms with van der Waals surface area (Å²) in [5, 5.41) is 4.46. The first-order valence-corrected chi connectivity index (χ1v) is 23.2. The van der Waals surface area contributed by atoms with Gasteiger partial charge in [0.25, 0.3) is 0 Å². The van der Waals surface area contributed by atoms with E-state index >= 15 is 0 Å². The molecule has 0 fully saturated rings. The Labute approximate surface area is 351 Å². The summed E-state index contributed by atoms with van der Waals surface area (Å²) >= 11 is 0. The molecule has 0 radical (unpaired) electrons. The van der Waals surface area contributed by atoms with Gasteiger partial charge in [0, 0.05) is 11.0 Å². The quantitative estimate of drug-likeness (QED) is 0.157. The van der Waals surface area contributed by atoms with Crippen LogP contribution < -0.4 is 15.9 Å². The van der Waals surface area contributed by atoms with Crippen molar-refractivity contribution < 1.29 is 4.74 Å². The predicted molar refractivity (Wildman–Crippen MR) is 250 cm³/mol. The van der Waals surface area contributed by atoms with E-state index in [4.69, 9.17) is 9.73 Å². The van der Waals surface area contributed by atoms with Gasteiger partial charge in [-0.3, -0.25) is 0 Å². The van der Waals surface area contributed by atoms with Crippen LogP contribution in [0.4, 0.5) is 0 Å². The molecule has 8 rings (SSSR count). The first-order chi connectivity index (χ1) is 27.2. The van der Waals surface area contributed by atoms with Crippen molar-refractivity contribution in [3.8, 4) is 0 Å². The fraction of sp³-hybridized carbons (Fsp3) is 0.436. The van der Waals surface area contributed by atoms with Gasteiger partial charge >= 0.3 is 0 Å². The van der Waals surface area contributed by atoms with Gasteiger partial charge in [0.15, 0.2) is 0 Å². The van der Waals surface area contributed by atoms with Crippen molar-refractivity contribution in [3.63, 3.8) is 0 Å². The minimum absolute atomic E-state index is 0.0143. The highest BCUT2D eigenvalue weighted by atomic mass is 31.1. The minimum Gasteiger partial charge on any atom is -0.475 e. The van der Waals surface area contributed by atoms with Crippen LogP contribution in [0.25, 0.3) is 0 Å². The van der Waals surface area contributed by atoms with Crippen molar-refractivity contribution in [2.24, 2.45) is 4.99 Å². The molecule has 0 aromatic heterocycles. The zero-order chi connectivity index (χ0) is 41.4. The van der Waals surface area contributed by atoms with Crippen molar-refractivity contribution in [1.82, 2.24) is 0 Å². The summed E-state index contributed by atoms with van der Waals surface area (Å²) in [6.45, 7) is 29.2. The van der Waals surface area contributed by atoms with E-state index in [2.05, 4.69) is 186 Å². The van der Waals surface area contributed by atoms with Gasteiger partial charge in [-0.25, -0.2) is 4.99 Å². The monoisotopic (exact) mass is 787 g/mol. The Bertz CT molecular complexity index is 2230. The molecule has 5 aromatic rings. The fourth-order valence-corrected chi connectivity index (χ4v) is 12.5. The van der Waals surface area contributed by atoms with E-state index in [1.165, 1.54) is 66.0 Å². The Morgan fingerprint density at radius 2 is 1.05 bits per heavy atom. The average molecular weight is 788 g/mol. The van der Waals surface area contributed by atoms with Crippen molar-refractivity contribution in [2.45, 2.75) is 148 Å². The molecule has 1 spiro atoms. The average Bonchev–Trinajstić information content (AvgIpc) is 3.89. The number of benzene rings is 5. The molecule has 5 aromatic carbocycles. The molecule has 0 saturated carbocycles. The number of hydrogen-bond acceptors (Lipinski definition) is 2. The highest BCUT2D eigenvalue weighted by molar-refractivity contribution is 7.80. The van der Waals surface area contributed by atoms with Crippen LogP contribution in [0.2, 0.25) is 0 Å². The second-order valence-corrected chi connectivity index (χ2v) is 23.9. The summed E-state index contributed by atoms with van der Waals surface area (Å²) < 4.78 is 6.59. The van der Waals surface area contributed by atoms with Crippen LogP contribution in [0.3, 0.4) is 0 Å². The molecule has 0 amide bonds. The van der Waals surface area contributed by atoms with Crippen molar-refractivity contribution in [2.75, 3.05) is 6.61 Å². The smallest absolute Gasteiger partial charge is 0.216 e. The minimum atomic E-state index is -0.951. The number of aliphatic imine (C=N–C) groups is 1. The molecule has 1 unspecified atom stereocenters. The van der Waals surface area contributed by atoms with Gasteiger partial charge in [-0.1, -0.05) is 180 Å². The maximum atomic E-state index is 6.59. The molecular weight excluding hydrogens is 722 g/mol. The summed E-state index contributed by atoms with van der Waals surface area (Å²) in [5.74, 6) is 0.840. The van der Waals surface area contributed by atoms with E-state index in [1.54, 1.807) is 5.56 Å². The lowest BCUT2D eigenvalue weighted by Crippen LogP contribution is -2.34. The molecule has 0 bridgehead atoms. The summed E-state index contributed by atoms with van der Waals surface area (Å²) in [7, 11) is -0.951. The number of aryl methyl sites for hydroxylation is 2. The largest absolute Gasteiger partial charge is 0.475 e. The molecule has 2 aliphatic carbocycles. The predicted octanol–water partition coefficient (Wildman–Crippen LogP) is 12.2. The molecule has 58 heavy (non-hydrogen) atoms. The van der Waals surface area contributed by atoms with E-state index < -0.39 is 7.92 Å². The van der Waals surface area contributed by atoms with Crippen LogP contribution >= 0.6 is 7.92 Å². The maximum Gasteiger partial charge on any atom is 0.216 e. The van der Waals surface area contributed by atoms with E-state index in [1.807, 2.05) is 0 Å². The van der Waals surface area contributed by atoms with Crippen LogP contribution in [-0.4, -0.2) is 18.5 Å². The lowest BCUT2D eigenvalue weighted by Gasteiger charge is -2.35. The highest BCUT2D eigenvalue weighted by Gasteiger charge is 2.49. The molecule has 2 atom stereocenters. The van der Waals surface area contributed by atoms with Crippen molar-refractivity contribution in [1.29, 1.82) is 0 Å². The Balaban J connectivity index is 1.37. The molecule has 1 aliphatic heterocycles. The SMILES string of the molecule is CC(C)(C)c1cc(P(c2cc(C(C)(C)C)cc(C(C)(C)C)c2)c2cccc3c2C2(CCc4cccc(C5=N[C@H](Cc6ccccc6)CO5)c42)CC3)cc(C(C)(C)C)c1. The summed E-state index contributed by atoms with van der Waals surface area (Å²) in [5.41, 5.74) is 14.2. The van der Waals surface area contributed by atoms with E-state index in [0.29, 0.717) is 6.61 Å². The third-order valence-corrected chi connectivity index (χ3v) is 15.6. The maximum absolute atomic E-state index is 6.59. The van der Waals surface area contributed by atoms with Crippen LogP contribution in [0.15, 0.2) is 108 Å². The molecular formula is C55H66NOP. The second kappa shape index (κ2) is 14.6. The number of fused-ring (bicyclic) bond motifs is 4. The standard InChI is InChI=1S/C55H66NOP/c1-51(2,3)39-29-40(52(4,5)6)32-44(31-39)58(45-33-41(53(7,8)9)30-42(34-45)54(10,11)12)47-23-17-21-38-25-27-55(49(38)47)26-24-37-20-16-22-46(48(37)55)50-56-43(35-57-50)28-36-18-14-13-15-19-36/h13-23,29-34,43H,24-28,35H2,1-12H3/t43-,55?/m1/s1. The van der Waals surface area contributed by atoms with E-state index in [9.17, 15) is 0 Å². The molecule has 0 saturated heterocycles. The van der Waals surface area contributed by atoms with Gasteiger partial charge in [0.2, 0.25) is 5.90 Å². The third kappa shape index (κ3) is 7.65. The van der Waals surface area contributed by atoms with Gasteiger partial charge in [-0.15, -0.1) is 0 Å². The zero-order valence-electron chi connectivity index (χ0n) is 37.4. The normalized spacial score (nSPS) is 19.4. The topological polar surface area (TPSA) is 21.6 Å². The second-order valence-electron chi connectivity index (χ2n) is 21.7. The first kappa shape index (κ1) is 40.8. The van der Waals surface area contributed by atoms with Crippen molar-refractivity contribution in [3.05, 3.63) is 159 Å². The molecule has 3 heteroatoms. The molecule has 3 aliphatic rings. The lowest BCUT2D eigenvalue weighted by atomic mass is 9.74. The Morgan fingerprint density at radius 1 is 0.569 bits per heavy atom. The lowest BCUT2D eigenvalue weighted by molar-refractivity contribution is 0.316. The van der Waals surface area contributed by atoms with Gasteiger partial charge < -0.3 is 4.74 Å². The molecule has 2 nitrogen and oxygen atoms in total. The number of hydrogen-bond donors (Lipinski definition) is 0. The Kier molecular flexibility index (Phi) is 10.3. The van der Waals surface area contributed by atoms with E-state index in [0.717, 1.165) is 38.0 Å². The van der Waals surface area contributed by atoms with Gasteiger partial charge in [0.05, 0.1) is 6.04 Å². The van der Waals surface area contributed by atoms with Gasteiger partial charge in [-0.2, -0.15) is 0 Å². The summed E-state index contributed by atoms with van der Waals surface area (Å²) in [4.78, 5) is 5.32. The molecule has 302 valence electrons. The Hall–Kier alpha value is -4.00. The number of ether oxygens (including phenoxy) is 1. The fourth-order valence-electron chi connectivity index (χ4n) is 9.73. The molecule has 1 heterocycles. The zero-order valence-corrected chi connectivity index (χ0v) is 38.3. The van der Waals surface area contributed by atoms with Crippen molar-refractivity contribution >= 4 is 29.7 Å². The number of nitrogens with zero attached hydrogens (tertiary/aromatic N) is 1. The summed E-state index contributed by atoms with van der Waals surface area (Å²) in [6.07, 6.45) is 5.32. The van der Waals surface area contributed by atoms with E-state index in [-0.39, 0.29) is 33.1 Å². The van der Waals surface area contributed by atoms with Crippen LogP contribution in [0.5, 0.6) is 0 Å². The van der Waals surface area contributed by atoms with Crippen LogP contribution in [0.1, 0.15) is 152 Å². The van der Waals surface area contributed by atoms with Crippen LogP contribution in [-0.2, 0) is 51.1 Å². The highest BCUT2D eigenvalue weighted by Crippen LogP contribution is 2.55. The molecule has 0 N–H and O–H groups in total. The first-order valence-electron chi connectivity index (χ1n) is 21.8. The summed E-state index contributed by atoms with van der Waals surface area (Å²) in [6, 6.07) is 40.5. The van der Waals surface area contributed by atoms with Gasteiger partial charge in [0.1, 0.15) is 6.61 Å².